The molecule has 1 N–H and O–H groups in total. The summed E-state index contributed by atoms with van der Waals surface area (Å²) >= 11 is 0. The number of ether oxygens (including phenoxy) is 1. The third-order valence-electron chi connectivity index (χ3n) is 3.00. The monoisotopic (exact) mass is 277 g/mol. The Hall–Kier alpha value is -1.88. The topological polar surface area (TPSA) is 39.1 Å². The summed E-state index contributed by atoms with van der Waals surface area (Å²) in [5.41, 5.74) is 1.57. The SMILES string of the molecule is COCCCNc1nc(C)cn1Cc1ccccc1F. The highest BCUT2D eigenvalue weighted by molar-refractivity contribution is 5.30. The van der Waals surface area contributed by atoms with Crippen LogP contribution in [0, 0.1) is 12.7 Å². The van der Waals surface area contributed by atoms with E-state index in [2.05, 4.69) is 10.3 Å². The lowest BCUT2D eigenvalue weighted by molar-refractivity contribution is 0.197. The van der Waals surface area contributed by atoms with Crippen LogP contribution in [0.3, 0.4) is 0 Å². The molecule has 0 saturated heterocycles. The molecule has 0 fully saturated rings. The van der Waals surface area contributed by atoms with Crippen molar-refractivity contribution >= 4 is 5.95 Å². The van der Waals surface area contributed by atoms with E-state index in [9.17, 15) is 4.39 Å². The second-order valence-corrected chi connectivity index (χ2v) is 4.70. The molecule has 0 aliphatic rings. The first-order valence-electron chi connectivity index (χ1n) is 6.70. The molecular formula is C15H20FN3O. The smallest absolute Gasteiger partial charge is 0.203 e. The summed E-state index contributed by atoms with van der Waals surface area (Å²) in [6, 6.07) is 6.81. The van der Waals surface area contributed by atoms with Gasteiger partial charge in [0.1, 0.15) is 5.82 Å². The fraction of sp³-hybridized carbons (Fsp3) is 0.400. The molecule has 2 aromatic rings. The zero-order valence-electron chi connectivity index (χ0n) is 11.9. The number of hydrogen-bond donors (Lipinski definition) is 1. The average Bonchev–Trinajstić information content (AvgIpc) is 2.78. The molecule has 0 saturated carbocycles. The molecule has 108 valence electrons. The van der Waals surface area contributed by atoms with Crippen LogP contribution in [0.15, 0.2) is 30.5 Å². The predicted octanol–water partition coefficient (Wildman–Crippen LogP) is 2.83. The zero-order valence-corrected chi connectivity index (χ0v) is 11.9. The lowest BCUT2D eigenvalue weighted by atomic mass is 10.2. The minimum Gasteiger partial charge on any atom is -0.385 e. The number of aromatic nitrogens is 2. The van der Waals surface area contributed by atoms with E-state index in [1.54, 1.807) is 19.2 Å². The molecule has 5 heteroatoms. The summed E-state index contributed by atoms with van der Waals surface area (Å²) in [6.07, 6.45) is 2.83. The first-order valence-corrected chi connectivity index (χ1v) is 6.70. The van der Waals surface area contributed by atoms with Crippen molar-refractivity contribution in [3.63, 3.8) is 0 Å². The third-order valence-corrected chi connectivity index (χ3v) is 3.00. The van der Waals surface area contributed by atoms with Gasteiger partial charge in [-0.3, -0.25) is 0 Å². The van der Waals surface area contributed by atoms with E-state index in [4.69, 9.17) is 4.74 Å². The molecule has 1 aromatic heterocycles. The van der Waals surface area contributed by atoms with E-state index in [0.29, 0.717) is 18.7 Å². The van der Waals surface area contributed by atoms with E-state index < -0.39 is 0 Å². The van der Waals surface area contributed by atoms with E-state index in [0.717, 1.165) is 24.6 Å². The maximum Gasteiger partial charge on any atom is 0.203 e. The predicted molar refractivity (Wildman–Crippen MR) is 77.4 cm³/mol. The van der Waals surface area contributed by atoms with Gasteiger partial charge >= 0.3 is 0 Å². The molecule has 0 aliphatic heterocycles. The maximum absolute atomic E-state index is 13.7. The maximum atomic E-state index is 13.7. The molecule has 20 heavy (non-hydrogen) atoms. The van der Waals surface area contributed by atoms with Crippen LogP contribution in [-0.4, -0.2) is 29.8 Å². The van der Waals surface area contributed by atoms with Crippen molar-refractivity contribution in [1.29, 1.82) is 0 Å². The van der Waals surface area contributed by atoms with Crippen LogP contribution in [0.1, 0.15) is 17.7 Å². The van der Waals surface area contributed by atoms with Gasteiger partial charge in [-0.15, -0.1) is 0 Å². The highest BCUT2D eigenvalue weighted by atomic mass is 19.1. The van der Waals surface area contributed by atoms with Gasteiger partial charge in [-0.05, 0) is 19.4 Å². The van der Waals surface area contributed by atoms with Gasteiger partial charge in [0.15, 0.2) is 0 Å². The van der Waals surface area contributed by atoms with Gasteiger partial charge in [0, 0.05) is 32.0 Å². The normalized spacial score (nSPS) is 10.8. The molecule has 1 aromatic carbocycles. The Morgan fingerprint density at radius 3 is 2.90 bits per heavy atom. The number of aryl methyl sites for hydroxylation is 1. The minimum atomic E-state index is -0.191. The van der Waals surface area contributed by atoms with E-state index in [-0.39, 0.29) is 5.82 Å². The number of methoxy groups -OCH3 is 1. The van der Waals surface area contributed by atoms with Crippen LogP contribution in [0.25, 0.3) is 0 Å². The molecule has 0 radical (unpaired) electrons. The quantitative estimate of drug-likeness (QED) is 0.791. The van der Waals surface area contributed by atoms with E-state index in [1.165, 1.54) is 6.07 Å². The van der Waals surface area contributed by atoms with Crippen LogP contribution >= 0.6 is 0 Å². The van der Waals surface area contributed by atoms with E-state index >= 15 is 0 Å². The van der Waals surface area contributed by atoms with Gasteiger partial charge in [-0.1, -0.05) is 18.2 Å². The van der Waals surface area contributed by atoms with Crippen molar-refractivity contribution in [2.24, 2.45) is 0 Å². The molecule has 4 nitrogen and oxygen atoms in total. The summed E-state index contributed by atoms with van der Waals surface area (Å²) in [5.74, 6) is 0.575. The summed E-state index contributed by atoms with van der Waals surface area (Å²) < 4.78 is 20.6. The molecule has 0 amide bonds. The summed E-state index contributed by atoms with van der Waals surface area (Å²) in [5, 5.41) is 3.26. The van der Waals surface area contributed by atoms with Crippen molar-refractivity contribution in [3.8, 4) is 0 Å². The molecule has 0 unspecified atom stereocenters. The molecule has 0 atom stereocenters. The van der Waals surface area contributed by atoms with Crippen LogP contribution < -0.4 is 5.32 Å². The zero-order chi connectivity index (χ0) is 14.4. The Balaban J connectivity index is 2.06. The Morgan fingerprint density at radius 2 is 2.15 bits per heavy atom. The average molecular weight is 277 g/mol. The van der Waals surface area contributed by atoms with Crippen molar-refractivity contribution in [2.75, 3.05) is 25.6 Å². The number of benzene rings is 1. The first kappa shape index (κ1) is 14.5. The minimum absolute atomic E-state index is 0.191. The first-order chi connectivity index (χ1) is 9.70. The molecule has 1 heterocycles. The Labute approximate surface area is 118 Å². The Bertz CT molecular complexity index is 554. The van der Waals surface area contributed by atoms with Crippen LogP contribution in [0.2, 0.25) is 0 Å². The largest absolute Gasteiger partial charge is 0.385 e. The standard InChI is InChI=1S/C15H20FN3O/c1-12-10-19(11-13-6-3-4-7-14(13)16)15(18-12)17-8-5-9-20-2/h3-4,6-7,10H,5,8-9,11H2,1-2H3,(H,17,18). The van der Waals surface area contributed by atoms with Crippen molar-refractivity contribution < 1.29 is 9.13 Å². The molecule has 2 rings (SSSR count). The summed E-state index contributed by atoms with van der Waals surface area (Å²) in [4.78, 5) is 4.42. The van der Waals surface area contributed by atoms with Gasteiger partial charge in [-0.2, -0.15) is 0 Å². The van der Waals surface area contributed by atoms with Crippen LogP contribution in [-0.2, 0) is 11.3 Å². The summed E-state index contributed by atoms with van der Waals surface area (Å²) in [6.45, 7) is 3.89. The fourth-order valence-electron chi connectivity index (χ4n) is 2.04. The molecule has 0 aliphatic carbocycles. The van der Waals surface area contributed by atoms with Crippen molar-refractivity contribution in [2.45, 2.75) is 19.9 Å². The number of nitrogens with one attached hydrogen (secondary N) is 1. The second kappa shape index (κ2) is 7.05. The third kappa shape index (κ3) is 3.81. The lowest BCUT2D eigenvalue weighted by Crippen LogP contribution is -2.11. The van der Waals surface area contributed by atoms with Gasteiger partial charge in [0.25, 0.3) is 0 Å². The van der Waals surface area contributed by atoms with Crippen molar-refractivity contribution in [3.05, 3.63) is 47.5 Å². The number of imidazole rings is 1. The lowest BCUT2D eigenvalue weighted by Gasteiger charge is -2.10. The molecule has 0 spiro atoms. The fourth-order valence-corrected chi connectivity index (χ4v) is 2.04. The number of rotatable bonds is 7. The number of anilines is 1. The Morgan fingerprint density at radius 1 is 1.35 bits per heavy atom. The van der Waals surface area contributed by atoms with Crippen LogP contribution in [0.4, 0.5) is 10.3 Å². The Kier molecular flexibility index (Phi) is 5.12. The van der Waals surface area contributed by atoms with Gasteiger partial charge in [-0.25, -0.2) is 9.37 Å². The number of hydrogen-bond acceptors (Lipinski definition) is 3. The number of halogens is 1. The molecule has 0 bridgehead atoms. The van der Waals surface area contributed by atoms with Gasteiger partial charge in [0.05, 0.1) is 12.2 Å². The molecular weight excluding hydrogens is 257 g/mol. The van der Waals surface area contributed by atoms with E-state index in [1.807, 2.05) is 23.8 Å². The van der Waals surface area contributed by atoms with Gasteiger partial charge in [0.2, 0.25) is 5.95 Å². The highest BCUT2D eigenvalue weighted by Gasteiger charge is 2.08. The highest BCUT2D eigenvalue weighted by Crippen LogP contribution is 2.14. The van der Waals surface area contributed by atoms with Gasteiger partial charge < -0.3 is 14.6 Å². The number of nitrogens with zero attached hydrogens (tertiary/aromatic N) is 2. The summed E-state index contributed by atoms with van der Waals surface area (Å²) in [7, 11) is 1.68. The van der Waals surface area contributed by atoms with Crippen molar-refractivity contribution in [1.82, 2.24) is 9.55 Å². The second-order valence-electron chi connectivity index (χ2n) is 4.70. The van der Waals surface area contributed by atoms with Crippen LogP contribution in [0.5, 0.6) is 0 Å².